The molecule has 0 aliphatic heterocycles. The number of amides is 1. The lowest BCUT2D eigenvalue weighted by molar-refractivity contribution is 0.0951. The smallest absolute Gasteiger partial charge is 0.251 e. The summed E-state index contributed by atoms with van der Waals surface area (Å²) in [6, 6.07) is 19.0. The highest BCUT2D eigenvalue weighted by molar-refractivity contribution is 5.95. The molecule has 0 radical (unpaired) electrons. The van der Waals surface area contributed by atoms with E-state index in [1.807, 2.05) is 60.1 Å². The Labute approximate surface area is 195 Å². The fraction of sp³-hybridized carbons (Fsp3) is 0.120. The predicted molar refractivity (Wildman–Crippen MR) is 129 cm³/mol. The maximum absolute atomic E-state index is 12.8. The molecular formula is C25H22N8O. The lowest BCUT2D eigenvalue weighted by atomic mass is 10.1. The average Bonchev–Trinajstić information content (AvgIpc) is 3.26. The summed E-state index contributed by atoms with van der Waals surface area (Å²) in [5.74, 6) is 1.26. The summed E-state index contributed by atoms with van der Waals surface area (Å²) in [6.07, 6.45) is 4.92. The van der Waals surface area contributed by atoms with Gasteiger partial charge in [0, 0.05) is 42.6 Å². The summed E-state index contributed by atoms with van der Waals surface area (Å²) >= 11 is 0. The van der Waals surface area contributed by atoms with Crippen LogP contribution < -0.4 is 10.6 Å². The van der Waals surface area contributed by atoms with Gasteiger partial charge in [0.1, 0.15) is 12.0 Å². The monoisotopic (exact) mass is 450 g/mol. The molecule has 168 valence electrons. The highest BCUT2D eigenvalue weighted by Crippen LogP contribution is 2.18. The van der Waals surface area contributed by atoms with E-state index in [9.17, 15) is 4.79 Å². The number of carbonyl (C=O) groups is 1. The standard InChI is InChI=1S/C25H22N8O/c1-33-23(31-32-24(33)22-10-12-26-16-30-22)15-28-19-7-2-5-17(13-19)25(34)29-14-18-6-3-9-21-20(18)8-4-11-27-21/h2-13,16,28H,14-15H2,1H3,(H,29,34). The minimum Gasteiger partial charge on any atom is -0.378 e. The van der Waals surface area contributed by atoms with E-state index in [-0.39, 0.29) is 5.91 Å². The Kier molecular flexibility index (Phi) is 5.89. The Bertz CT molecular complexity index is 1440. The van der Waals surface area contributed by atoms with Crippen LogP contribution in [0.5, 0.6) is 0 Å². The molecule has 0 saturated heterocycles. The van der Waals surface area contributed by atoms with Gasteiger partial charge in [0.2, 0.25) is 0 Å². The quantitative estimate of drug-likeness (QED) is 0.391. The van der Waals surface area contributed by atoms with Crippen LogP contribution in [0, 0.1) is 0 Å². The van der Waals surface area contributed by atoms with Crippen molar-refractivity contribution < 1.29 is 4.79 Å². The van der Waals surface area contributed by atoms with Gasteiger partial charge in [-0.25, -0.2) is 9.97 Å². The molecule has 2 N–H and O–H groups in total. The van der Waals surface area contributed by atoms with Gasteiger partial charge in [-0.3, -0.25) is 9.78 Å². The Morgan fingerprint density at radius 2 is 1.85 bits per heavy atom. The second-order valence-corrected chi connectivity index (χ2v) is 7.70. The van der Waals surface area contributed by atoms with E-state index in [4.69, 9.17) is 0 Å². The summed E-state index contributed by atoms with van der Waals surface area (Å²) in [5, 5.41) is 15.8. The molecule has 2 aromatic carbocycles. The van der Waals surface area contributed by atoms with Crippen molar-refractivity contribution in [2.24, 2.45) is 7.05 Å². The van der Waals surface area contributed by atoms with E-state index < -0.39 is 0 Å². The highest BCUT2D eigenvalue weighted by Gasteiger charge is 2.12. The van der Waals surface area contributed by atoms with Gasteiger partial charge >= 0.3 is 0 Å². The number of hydrogen-bond donors (Lipinski definition) is 2. The molecule has 0 aliphatic carbocycles. The van der Waals surface area contributed by atoms with Gasteiger partial charge in [-0.2, -0.15) is 0 Å². The van der Waals surface area contributed by atoms with Crippen molar-refractivity contribution in [3.63, 3.8) is 0 Å². The average molecular weight is 451 g/mol. The molecule has 3 heterocycles. The molecule has 0 aliphatic rings. The number of hydrogen-bond acceptors (Lipinski definition) is 7. The van der Waals surface area contributed by atoms with Crippen LogP contribution in [0.3, 0.4) is 0 Å². The van der Waals surface area contributed by atoms with Crippen LogP contribution in [-0.4, -0.2) is 35.6 Å². The van der Waals surface area contributed by atoms with Crippen molar-refractivity contribution in [2.45, 2.75) is 13.1 Å². The topological polar surface area (TPSA) is 111 Å². The van der Waals surface area contributed by atoms with Crippen molar-refractivity contribution in [1.82, 2.24) is 35.0 Å². The number of fused-ring (bicyclic) bond motifs is 1. The van der Waals surface area contributed by atoms with Crippen LogP contribution in [0.4, 0.5) is 5.69 Å². The molecule has 0 atom stereocenters. The van der Waals surface area contributed by atoms with Crippen LogP contribution in [0.25, 0.3) is 22.4 Å². The number of pyridine rings is 1. The molecule has 5 rings (SSSR count). The lowest BCUT2D eigenvalue weighted by Gasteiger charge is -2.10. The Morgan fingerprint density at radius 3 is 2.74 bits per heavy atom. The zero-order chi connectivity index (χ0) is 23.3. The maximum Gasteiger partial charge on any atom is 0.251 e. The predicted octanol–water partition coefficient (Wildman–Crippen LogP) is 3.36. The molecule has 0 unspecified atom stereocenters. The van der Waals surface area contributed by atoms with Gasteiger partial charge < -0.3 is 15.2 Å². The molecule has 0 bridgehead atoms. The van der Waals surface area contributed by atoms with Crippen LogP contribution >= 0.6 is 0 Å². The van der Waals surface area contributed by atoms with Crippen molar-refractivity contribution in [3.05, 3.63) is 96.3 Å². The van der Waals surface area contributed by atoms with Gasteiger partial charge in [0.05, 0.1) is 12.1 Å². The molecule has 0 spiro atoms. The zero-order valence-corrected chi connectivity index (χ0v) is 18.5. The van der Waals surface area contributed by atoms with E-state index >= 15 is 0 Å². The van der Waals surface area contributed by atoms with Gasteiger partial charge in [-0.1, -0.05) is 24.3 Å². The number of benzene rings is 2. The first kappa shape index (κ1) is 21.2. The number of rotatable bonds is 7. The summed E-state index contributed by atoms with van der Waals surface area (Å²) in [5.41, 5.74) is 4.02. The molecule has 34 heavy (non-hydrogen) atoms. The largest absolute Gasteiger partial charge is 0.378 e. The van der Waals surface area contributed by atoms with Crippen LogP contribution in [0.1, 0.15) is 21.7 Å². The van der Waals surface area contributed by atoms with Crippen molar-refractivity contribution in [3.8, 4) is 11.5 Å². The van der Waals surface area contributed by atoms with E-state index in [2.05, 4.69) is 35.8 Å². The van der Waals surface area contributed by atoms with E-state index in [0.717, 1.165) is 28.0 Å². The van der Waals surface area contributed by atoms with Crippen LogP contribution in [0.2, 0.25) is 0 Å². The number of anilines is 1. The fourth-order valence-electron chi connectivity index (χ4n) is 3.71. The molecule has 5 aromatic rings. The molecule has 9 nitrogen and oxygen atoms in total. The number of carbonyl (C=O) groups excluding carboxylic acids is 1. The van der Waals surface area contributed by atoms with Crippen molar-refractivity contribution >= 4 is 22.5 Å². The maximum atomic E-state index is 12.8. The molecule has 0 fully saturated rings. The van der Waals surface area contributed by atoms with E-state index in [1.54, 1.807) is 24.5 Å². The first-order chi connectivity index (χ1) is 16.7. The second kappa shape index (κ2) is 9.45. The van der Waals surface area contributed by atoms with E-state index in [1.165, 1.54) is 6.33 Å². The fourth-order valence-corrected chi connectivity index (χ4v) is 3.71. The van der Waals surface area contributed by atoms with Gasteiger partial charge in [0.15, 0.2) is 11.6 Å². The third kappa shape index (κ3) is 4.44. The third-order valence-corrected chi connectivity index (χ3v) is 5.53. The Balaban J connectivity index is 1.24. The Morgan fingerprint density at radius 1 is 0.941 bits per heavy atom. The number of aromatic nitrogens is 6. The second-order valence-electron chi connectivity index (χ2n) is 7.70. The zero-order valence-electron chi connectivity index (χ0n) is 18.5. The van der Waals surface area contributed by atoms with Gasteiger partial charge in [-0.15, -0.1) is 10.2 Å². The van der Waals surface area contributed by atoms with Crippen LogP contribution in [0.15, 0.2) is 79.4 Å². The summed E-state index contributed by atoms with van der Waals surface area (Å²) < 4.78 is 1.88. The Hall–Kier alpha value is -4.66. The molecule has 1 amide bonds. The summed E-state index contributed by atoms with van der Waals surface area (Å²) in [6.45, 7) is 0.868. The SMILES string of the molecule is Cn1c(CNc2cccc(C(=O)NCc3cccc4ncccc34)c2)nnc1-c1ccncn1. The van der Waals surface area contributed by atoms with Crippen molar-refractivity contribution in [1.29, 1.82) is 0 Å². The lowest BCUT2D eigenvalue weighted by Crippen LogP contribution is -2.23. The minimum absolute atomic E-state index is 0.144. The molecule has 9 heteroatoms. The molecule has 0 saturated carbocycles. The minimum atomic E-state index is -0.144. The normalized spacial score (nSPS) is 10.9. The molecule has 3 aromatic heterocycles. The summed E-state index contributed by atoms with van der Waals surface area (Å²) in [4.78, 5) is 25.3. The molecular weight excluding hydrogens is 428 g/mol. The third-order valence-electron chi connectivity index (χ3n) is 5.53. The van der Waals surface area contributed by atoms with Gasteiger partial charge in [-0.05, 0) is 42.0 Å². The van der Waals surface area contributed by atoms with E-state index in [0.29, 0.717) is 30.2 Å². The van der Waals surface area contributed by atoms with Gasteiger partial charge in [0.25, 0.3) is 5.91 Å². The highest BCUT2D eigenvalue weighted by atomic mass is 16.1. The summed E-state index contributed by atoms with van der Waals surface area (Å²) in [7, 11) is 1.89. The number of nitrogens with zero attached hydrogens (tertiary/aromatic N) is 6. The first-order valence-corrected chi connectivity index (χ1v) is 10.8. The van der Waals surface area contributed by atoms with Crippen molar-refractivity contribution in [2.75, 3.05) is 5.32 Å². The first-order valence-electron chi connectivity index (χ1n) is 10.8. The number of nitrogens with one attached hydrogen (secondary N) is 2. The van der Waals surface area contributed by atoms with Crippen LogP contribution in [-0.2, 0) is 20.1 Å².